The van der Waals surface area contributed by atoms with Gasteiger partial charge in [-0.2, -0.15) is 0 Å². The Kier molecular flexibility index (Phi) is 5.72. The molecule has 0 fully saturated rings. The molecule has 0 saturated carbocycles. The van der Waals surface area contributed by atoms with Gasteiger partial charge in [-0.1, -0.05) is 17.7 Å². The van der Waals surface area contributed by atoms with Gasteiger partial charge in [0, 0.05) is 15.6 Å². The molecule has 10 heteroatoms. The van der Waals surface area contributed by atoms with Crippen molar-refractivity contribution in [3.63, 3.8) is 0 Å². The van der Waals surface area contributed by atoms with Crippen LogP contribution < -0.4 is 9.44 Å². The Morgan fingerprint density at radius 1 is 0.786 bits per heavy atom. The molecule has 2 N–H and O–H groups in total. The van der Waals surface area contributed by atoms with Gasteiger partial charge >= 0.3 is 0 Å². The normalized spacial score (nSPS) is 12.0. The second-order valence-corrected chi connectivity index (χ2v) is 11.3. The first kappa shape index (κ1) is 20.7. The number of benzene rings is 2. The first-order chi connectivity index (χ1) is 13.1. The molecule has 3 aromatic rings. The zero-order chi connectivity index (χ0) is 20.5. The number of anilines is 2. The van der Waals surface area contributed by atoms with Crippen molar-refractivity contribution in [2.24, 2.45) is 0 Å². The van der Waals surface area contributed by atoms with E-state index < -0.39 is 20.0 Å². The van der Waals surface area contributed by atoms with Gasteiger partial charge in [0.15, 0.2) is 0 Å². The van der Waals surface area contributed by atoms with E-state index in [1.54, 1.807) is 43.3 Å². The Morgan fingerprint density at radius 3 is 2.00 bits per heavy atom. The summed E-state index contributed by atoms with van der Waals surface area (Å²) in [4.78, 5) is 0.838. The topological polar surface area (TPSA) is 92.3 Å². The molecule has 0 bridgehead atoms. The third kappa shape index (κ3) is 4.67. The van der Waals surface area contributed by atoms with Crippen molar-refractivity contribution < 1.29 is 16.8 Å². The lowest BCUT2D eigenvalue weighted by Crippen LogP contribution is -2.16. The fraction of sp³-hybridized carbons (Fsp3) is 0.111. The van der Waals surface area contributed by atoms with Gasteiger partial charge in [-0.15, -0.1) is 11.3 Å². The van der Waals surface area contributed by atoms with Gasteiger partial charge in [-0.25, -0.2) is 16.8 Å². The maximum absolute atomic E-state index is 12.8. The monoisotopic (exact) mass is 456 g/mol. The van der Waals surface area contributed by atoms with E-state index in [-0.39, 0.29) is 14.8 Å². The van der Waals surface area contributed by atoms with Crippen LogP contribution in [0.25, 0.3) is 0 Å². The third-order valence-corrected chi connectivity index (χ3v) is 8.46. The number of rotatable bonds is 6. The van der Waals surface area contributed by atoms with Crippen LogP contribution in [-0.2, 0) is 20.0 Å². The second kappa shape index (κ2) is 7.75. The van der Waals surface area contributed by atoms with Crippen LogP contribution >= 0.6 is 22.9 Å². The highest BCUT2D eigenvalue weighted by Crippen LogP contribution is 2.27. The molecule has 0 spiro atoms. The van der Waals surface area contributed by atoms with Crippen LogP contribution in [0.4, 0.5) is 11.4 Å². The molecule has 0 atom stereocenters. The molecule has 6 nitrogen and oxygen atoms in total. The highest BCUT2D eigenvalue weighted by atomic mass is 35.5. The lowest BCUT2D eigenvalue weighted by atomic mass is 10.2. The Hall–Kier alpha value is -2.07. The van der Waals surface area contributed by atoms with Gasteiger partial charge in [0.1, 0.15) is 4.21 Å². The summed E-state index contributed by atoms with van der Waals surface area (Å²) in [7, 11) is -7.71. The zero-order valence-corrected chi connectivity index (χ0v) is 18.1. The summed E-state index contributed by atoms with van der Waals surface area (Å²) < 4.78 is 55.6. The number of sulfonamides is 2. The van der Waals surface area contributed by atoms with Crippen molar-refractivity contribution >= 4 is 54.4 Å². The van der Waals surface area contributed by atoms with Crippen molar-refractivity contribution in [2.75, 3.05) is 9.44 Å². The smallest absolute Gasteiger partial charge is 0.271 e. The average molecular weight is 457 g/mol. The molecule has 0 aliphatic heterocycles. The van der Waals surface area contributed by atoms with Gasteiger partial charge in [-0.3, -0.25) is 9.44 Å². The molecule has 0 radical (unpaired) electrons. The largest absolute Gasteiger partial charge is 0.280 e. The SMILES string of the molecule is Cc1ccc(S(=O)(=O)Nc2ccc(C)c(S(=O)(=O)Nc3ccc(Cl)cc3)c2)s1. The molecule has 0 saturated heterocycles. The molecule has 0 amide bonds. The summed E-state index contributed by atoms with van der Waals surface area (Å²) in [5, 5.41) is 0.486. The first-order valence-corrected chi connectivity index (χ1v) is 12.2. The second-order valence-electron chi connectivity index (χ2n) is 6.06. The highest BCUT2D eigenvalue weighted by molar-refractivity contribution is 7.94. The molecule has 0 aliphatic rings. The Labute approximate surface area is 173 Å². The number of thiophene rings is 1. The van der Waals surface area contributed by atoms with Crippen LogP contribution in [-0.4, -0.2) is 16.8 Å². The molecular weight excluding hydrogens is 440 g/mol. The van der Waals surface area contributed by atoms with Crippen LogP contribution in [0.3, 0.4) is 0 Å². The lowest BCUT2D eigenvalue weighted by molar-refractivity contribution is 0.599. The van der Waals surface area contributed by atoms with E-state index in [9.17, 15) is 16.8 Å². The van der Waals surface area contributed by atoms with E-state index in [4.69, 9.17) is 11.6 Å². The molecule has 0 aliphatic carbocycles. The molecule has 0 unspecified atom stereocenters. The van der Waals surface area contributed by atoms with Crippen LogP contribution in [0.1, 0.15) is 10.4 Å². The summed E-state index contributed by atoms with van der Waals surface area (Å²) in [6.07, 6.45) is 0. The lowest BCUT2D eigenvalue weighted by Gasteiger charge is -2.13. The van der Waals surface area contributed by atoms with E-state index in [1.807, 2.05) is 6.92 Å². The molecular formula is C18H17ClN2O4S3. The van der Waals surface area contributed by atoms with Gasteiger partial charge in [-0.05, 0) is 67.9 Å². The quantitative estimate of drug-likeness (QED) is 0.566. The van der Waals surface area contributed by atoms with Crippen LogP contribution in [0.2, 0.25) is 5.02 Å². The minimum absolute atomic E-state index is 0.0231. The van der Waals surface area contributed by atoms with Crippen molar-refractivity contribution in [1.29, 1.82) is 0 Å². The number of halogens is 1. The summed E-state index contributed by atoms with van der Waals surface area (Å²) in [6, 6.07) is 13.8. The summed E-state index contributed by atoms with van der Waals surface area (Å²) >= 11 is 6.96. The van der Waals surface area contributed by atoms with Crippen molar-refractivity contribution in [1.82, 2.24) is 0 Å². The van der Waals surface area contributed by atoms with Crippen molar-refractivity contribution in [3.05, 3.63) is 70.1 Å². The molecule has 1 heterocycles. The van der Waals surface area contributed by atoms with E-state index >= 15 is 0 Å². The zero-order valence-electron chi connectivity index (χ0n) is 14.9. The number of hydrogen-bond donors (Lipinski definition) is 2. The van der Waals surface area contributed by atoms with E-state index in [0.29, 0.717) is 16.3 Å². The van der Waals surface area contributed by atoms with Crippen LogP contribution in [0.15, 0.2) is 63.7 Å². The predicted molar refractivity (Wildman–Crippen MR) is 113 cm³/mol. The van der Waals surface area contributed by atoms with Crippen LogP contribution in [0.5, 0.6) is 0 Å². The van der Waals surface area contributed by atoms with Crippen LogP contribution in [0, 0.1) is 13.8 Å². The maximum Gasteiger partial charge on any atom is 0.271 e. The predicted octanol–water partition coefficient (Wildman–Crippen LogP) is 4.62. The van der Waals surface area contributed by atoms with E-state index in [1.165, 1.54) is 18.2 Å². The van der Waals surface area contributed by atoms with Gasteiger partial charge < -0.3 is 0 Å². The number of nitrogens with one attached hydrogen (secondary N) is 2. The minimum Gasteiger partial charge on any atom is -0.280 e. The van der Waals surface area contributed by atoms with E-state index in [2.05, 4.69) is 9.44 Å². The van der Waals surface area contributed by atoms with Gasteiger partial charge in [0.2, 0.25) is 0 Å². The van der Waals surface area contributed by atoms with Crippen molar-refractivity contribution in [2.45, 2.75) is 23.0 Å². The summed E-state index contributed by atoms with van der Waals surface area (Å²) in [5.74, 6) is 0. The van der Waals surface area contributed by atoms with Gasteiger partial charge in [0.25, 0.3) is 20.0 Å². The van der Waals surface area contributed by atoms with E-state index in [0.717, 1.165) is 16.2 Å². The highest BCUT2D eigenvalue weighted by Gasteiger charge is 2.21. The number of hydrogen-bond acceptors (Lipinski definition) is 5. The van der Waals surface area contributed by atoms with Gasteiger partial charge in [0.05, 0.1) is 10.6 Å². The molecule has 1 aromatic heterocycles. The molecule has 2 aromatic carbocycles. The standard InChI is InChI=1S/C18H17ClN2O4S3/c1-12-3-7-16(21-28(24,25)18-10-4-13(2)26-18)11-17(12)27(22,23)20-15-8-5-14(19)6-9-15/h3-11,20-21H,1-2H3. The maximum atomic E-state index is 12.8. The fourth-order valence-corrected chi connectivity index (χ4v) is 6.23. The van der Waals surface area contributed by atoms with Crippen molar-refractivity contribution in [3.8, 4) is 0 Å². The number of aryl methyl sites for hydroxylation is 2. The first-order valence-electron chi connectivity index (χ1n) is 8.05. The molecule has 148 valence electrons. The average Bonchev–Trinajstić information content (AvgIpc) is 3.06. The summed E-state index contributed by atoms with van der Waals surface area (Å²) in [5.41, 5.74) is 0.994. The third-order valence-electron chi connectivity index (χ3n) is 3.81. The Bertz CT molecular complexity index is 1220. The molecule has 28 heavy (non-hydrogen) atoms. The minimum atomic E-state index is -3.92. The Balaban J connectivity index is 1.91. The Morgan fingerprint density at radius 2 is 1.39 bits per heavy atom. The summed E-state index contributed by atoms with van der Waals surface area (Å²) in [6.45, 7) is 3.44. The molecule has 3 rings (SSSR count). The fourth-order valence-electron chi connectivity index (χ4n) is 2.44.